The standard InChI is InChI=1S/C10H14O.C5H8O2/c1-2-3-4-9-5-7-10(11)8-6-9;6-4-2-1-3-5-7/h5-8,11H,2-4H2,1H3;4-5H,1-3H2. The molecule has 0 heterocycles. The second kappa shape index (κ2) is 11.8. The van der Waals surface area contributed by atoms with Crippen molar-refractivity contribution in [2.75, 3.05) is 0 Å². The van der Waals surface area contributed by atoms with E-state index in [1.165, 1.54) is 18.4 Å². The second-order valence-corrected chi connectivity index (χ2v) is 4.03. The summed E-state index contributed by atoms with van der Waals surface area (Å²) in [5.41, 5.74) is 1.31. The molecule has 1 aromatic rings. The van der Waals surface area contributed by atoms with Gasteiger partial charge in [-0.15, -0.1) is 0 Å². The molecule has 0 aliphatic heterocycles. The highest BCUT2D eigenvalue weighted by molar-refractivity contribution is 5.52. The fourth-order valence-electron chi connectivity index (χ4n) is 1.33. The van der Waals surface area contributed by atoms with Crippen molar-refractivity contribution < 1.29 is 14.7 Å². The van der Waals surface area contributed by atoms with E-state index < -0.39 is 0 Å². The predicted molar refractivity (Wildman–Crippen MR) is 72.7 cm³/mol. The van der Waals surface area contributed by atoms with Crippen LogP contribution in [0.5, 0.6) is 5.75 Å². The van der Waals surface area contributed by atoms with Crippen molar-refractivity contribution in [3.05, 3.63) is 29.8 Å². The molecule has 3 heteroatoms. The lowest BCUT2D eigenvalue weighted by Gasteiger charge is -1.98. The minimum atomic E-state index is 0.352. The van der Waals surface area contributed by atoms with E-state index in [-0.39, 0.29) is 0 Å². The maximum absolute atomic E-state index is 9.56. The normalized spacial score (nSPS) is 9.17. The zero-order valence-electron chi connectivity index (χ0n) is 11.0. The summed E-state index contributed by atoms with van der Waals surface area (Å²) < 4.78 is 0. The Kier molecular flexibility index (Phi) is 10.8. The SMILES string of the molecule is CCCCc1ccc(O)cc1.O=CCCCC=O. The molecule has 0 aliphatic rings. The Hall–Kier alpha value is -1.64. The quantitative estimate of drug-likeness (QED) is 0.596. The Morgan fingerprint density at radius 1 is 1.00 bits per heavy atom. The Bertz CT molecular complexity index is 309. The van der Waals surface area contributed by atoms with Crippen LogP contribution in [0.25, 0.3) is 0 Å². The number of benzene rings is 1. The van der Waals surface area contributed by atoms with E-state index >= 15 is 0 Å². The van der Waals surface area contributed by atoms with E-state index in [9.17, 15) is 9.59 Å². The number of aryl methyl sites for hydroxylation is 1. The molecule has 0 saturated heterocycles. The molecule has 0 saturated carbocycles. The number of carbonyl (C=O) groups is 2. The molecule has 0 radical (unpaired) electrons. The Labute approximate surface area is 109 Å². The molecule has 18 heavy (non-hydrogen) atoms. The van der Waals surface area contributed by atoms with Gasteiger partial charge >= 0.3 is 0 Å². The van der Waals surface area contributed by atoms with Gasteiger partial charge in [-0.3, -0.25) is 0 Å². The molecule has 0 aliphatic carbocycles. The van der Waals surface area contributed by atoms with Crippen LogP contribution in [0.15, 0.2) is 24.3 Å². The van der Waals surface area contributed by atoms with Gasteiger partial charge in [0.1, 0.15) is 18.3 Å². The molecular formula is C15H22O3. The summed E-state index contributed by atoms with van der Waals surface area (Å²) in [7, 11) is 0. The molecule has 1 rings (SSSR count). The van der Waals surface area contributed by atoms with Crippen LogP contribution in [0.2, 0.25) is 0 Å². The van der Waals surface area contributed by atoms with E-state index in [0.717, 1.165) is 19.0 Å². The number of phenolic OH excluding ortho intramolecular Hbond substituents is 1. The molecule has 1 N–H and O–H groups in total. The van der Waals surface area contributed by atoms with Gasteiger partial charge < -0.3 is 14.7 Å². The molecule has 0 fully saturated rings. The average Bonchev–Trinajstić information content (AvgIpc) is 2.40. The van der Waals surface area contributed by atoms with Crippen LogP contribution in [-0.4, -0.2) is 17.7 Å². The zero-order valence-corrected chi connectivity index (χ0v) is 11.0. The zero-order chi connectivity index (χ0) is 13.6. The lowest BCUT2D eigenvalue weighted by molar-refractivity contribution is -0.108. The minimum Gasteiger partial charge on any atom is -0.508 e. The molecule has 0 spiro atoms. The summed E-state index contributed by atoms with van der Waals surface area (Å²) in [4.78, 5) is 19.1. The lowest BCUT2D eigenvalue weighted by atomic mass is 10.1. The summed E-state index contributed by atoms with van der Waals surface area (Å²) in [6.07, 6.45) is 6.94. The van der Waals surface area contributed by atoms with Crippen molar-refractivity contribution in [2.24, 2.45) is 0 Å². The van der Waals surface area contributed by atoms with Gasteiger partial charge in [-0.25, -0.2) is 0 Å². The summed E-state index contributed by atoms with van der Waals surface area (Å²) in [5, 5.41) is 8.98. The van der Waals surface area contributed by atoms with Crippen LogP contribution < -0.4 is 0 Å². The third kappa shape index (κ3) is 9.58. The summed E-state index contributed by atoms with van der Waals surface area (Å²) in [6, 6.07) is 7.44. The Balaban J connectivity index is 0.000000360. The molecular weight excluding hydrogens is 228 g/mol. The van der Waals surface area contributed by atoms with Crippen LogP contribution in [-0.2, 0) is 16.0 Å². The van der Waals surface area contributed by atoms with E-state index in [1.807, 2.05) is 12.1 Å². The monoisotopic (exact) mass is 250 g/mol. The van der Waals surface area contributed by atoms with E-state index in [0.29, 0.717) is 25.0 Å². The topological polar surface area (TPSA) is 54.4 Å². The highest BCUT2D eigenvalue weighted by Gasteiger charge is 1.91. The van der Waals surface area contributed by atoms with E-state index in [2.05, 4.69) is 6.92 Å². The largest absolute Gasteiger partial charge is 0.508 e. The second-order valence-electron chi connectivity index (χ2n) is 4.03. The van der Waals surface area contributed by atoms with Crippen LogP contribution in [0.4, 0.5) is 0 Å². The van der Waals surface area contributed by atoms with Crippen molar-refractivity contribution in [1.29, 1.82) is 0 Å². The number of carbonyl (C=O) groups excluding carboxylic acids is 2. The molecule has 100 valence electrons. The van der Waals surface area contributed by atoms with Gasteiger partial charge in [0.25, 0.3) is 0 Å². The van der Waals surface area contributed by atoms with Crippen molar-refractivity contribution in [1.82, 2.24) is 0 Å². The third-order valence-electron chi connectivity index (χ3n) is 2.40. The smallest absolute Gasteiger partial charge is 0.120 e. The number of aldehydes is 2. The first-order valence-corrected chi connectivity index (χ1v) is 6.39. The highest BCUT2D eigenvalue weighted by Crippen LogP contribution is 2.11. The van der Waals surface area contributed by atoms with Crippen molar-refractivity contribution in [2.45, 2.75) is 45.4 Å². The number of hydrogen-bond acceptors (Lipinski definition) is 3. The number of rotatable bonds is 7. The fourth-order valence-corrected chi connectivity index (χ4v) is 1.33. The molecule has 0 unspecified atom stereocenters. The van der Waals surface area contributed by atoms with Gasteiger partial charge in [-0.05, 0) is 37.0 Å². The molecule has 0 amide bonds. The number of hydrogen-bond donors (Lipinski definition) is 1. The fraction of sp³-hybridized carbons (Fsp3) is 0.467. The average molecular weight is 250 g/mol. The van der Waals surface area contributed by atoms with Crippen molar-refractivity contribution in [3.8, 4) is 5.75 Å². The van der Waals surface area contributed by atoms with Crippen molar-refractivity contribution in [3.63, 3.8) is 0 Å². The van der Waals surface area contributed by atoms with Crippen LogP contribution in [0.3, 0.4) is 0 Å². The van der Waals surface area contributed by atoms with Gasteiger partial charge in [-0.2, -0.15) is 0 Å². The maximum Gasteiger partial charge on any atom is 0.120 e. The first-order valence-electron chi connectivity index (χ1n) is 6.39. The minimum absolute atomic E-state index is 0.352. The summed E-state index contributed by atoms with van der Waals surface area (Å²) >= 11 is 0. The summed E-state index contributed by atoms with van der Waals surface area (Å²) in [5.74, 6) is 0.352. The molecule has 0 aromatic heterocycles. The molecule has 3 nitrogen and oxygen atoms in total. The number of aromatic hydroxyl groups is 1. The first kappa shape index (κ1) is 16.4. The molecule has 0 bridgehead atoms. The van der Waals surface area contributed by atoms with E-state index in [4.69, 9.17) is 5.11 Å². The van der Waals surface area contributed by atoms with Gasteiger partial charge in [0.05, 0.1) is 0 Å². The van der Waals surface area contributed by atoms with Crippen LogP contribution in [0, 0.1) is 0 Å². The van der Waals surface area contributed by atoms with E-state index in [1.54, 1.807) is 12.1 Å². The van der Waals surface area contributed by atoms with Crippen molar-refractivity contribution >= 4 is 12.6 Å². The predicted octanol–water partition coefficient (Wildman–Crippen LogP) is 3.29. The highest BCUT2D eigenvalue weighted by atomic mass is 16.3. The third-order valence-corrected chi connectivity index (χ3v) is 2.40. The van der Waals surface area contributed by atoms with Gasteiger partial charge in [0, 0.05) is 12.8 Å². The maximum atomic E-state index is 9.56. The first-order chi connectivity index (χ1) is 8.74. The van der Waals surface area contributed by atoms with Gasteiger partial charge in [-0.1, -0.05) is 25.5 Å². The number of unbranched alkanes of at least 4 members (excludes halogenated alkanes) is 3. The summed E-state index contributed by atoms with van der Waals surface area (Å²) in [6.45, 7) is 2.18. The molecule has 1 aromatic carbocycles. The molecule has 0 atom stereocenters. The van der Waals surface area contributed by atoms with Crippen LogP contribution >= 0.6 is 0 Å². The van der Waals surface area contributed by atoms with Gasteiger partial charge in [0.2, 0.25) is 0 Å². The van der Waals surface area contributed by atoms with Gasteiger partial charge in [0.15, 0.2) is 0 Å². The Morgan fingerprint density at radius 2 is 1.56 bits per heavy atom. The lowest BCUT2D eigenvalue weighted by Crippen LogP contribution is -1.82. The van der Waals surface area contributed by atoms with Crippen LogP contribution in [0.1, 0.15) is 44.6 Å². The number of phenols is 1. The Morgan fingerprint density at radius 3 is 2.00 bits per heavy atom.